The molecule has 8 nitrogen and oxygen atoms in total. The Morgan fingerprint density at radius 2 is 2.00 bits per heavy atom. The standard InChI is InChI=1S/C10H19NO7/c11-7-9(16)8(15)5(4-12)18-10(7)17-3-1-2-6(13)14/h5,7-10,12,15-16H,1-4,11H2,(H,13,14)/t5?,7?,8-,9+,10+/m0/s1. The number of aliphatic hydroxyl groups excluding tert-OH is 3. The monoisotopic (exact) mass is 265 g/mol. The van der Waals surface area contributed by atoms with Gasteiger partial charge < -0.3 is 35.6 Å². The van der Waals surface area contributed by atoms with E-state index in [1.807, 2.05) is 0 Å². The second-order valence-corrected chi connectivity index (χ2v) is 4.15. The molecule has 1 heterocycles. The molecule has 0 radical (unpaired) electrons. The molecule has 0 bridgehead atoms. The zero-order chi connectivity index (χ0) is 13.7. The highest BCUT2D eigenvalue weighted by atomic mass is 16.7. The molecular weight excluding hydrogens is 246 g/mol. The van der Waals surface area contributed by atoms with Crippen molar-refractivity contribution in [1.29, 1.82) is 0 Å². The molecular formula is C10H19NO7. The van der Waals surface area contributed by atoms with Crippen LogP contribution in [0.4, 0.5) is 0 Å². The molecule has 8 heteroatoms. The van der Waals surface area contributed by atoms with Crippen LogP contribution in [0.1, 0.15) is 12.8 Å². The maximum atomic E-state index is 10.3. The predicted octanol–water partition coefficient (Wildman–Crippen LogP) is -2.37. The number of carbonyl (C=O) groups is 1. The number of nitrogens with two attached hydrogens (primary N) is 1. The van der Waals surface area contributed by atoms with Crippen LogP contribution in [0, 0.1) is 0 Å². The van der Waals surface area contributed by atoms with Crippen molar-refractivity contribution in [2.24, 2.45) is 5.73 Å². The van der Waals surface area contributed by atoms with E-state index < -0.39 is 43.2 Å². The van der Waals surface area contributed by atoms with Crippen LogP contribution in [-0.2, 0) is 14.3 Å². The van der Waals surface area contributed by atoms with Gasteiger partial charge in [0.05, 0.1) is 19.3 Å². The molecule has 0 aromatic rings. The second-order valence-electron chi connectivity index (χ2n) is 4.15. The van der Waals surface area contributed by atoms with Gasteiger partial charge in [0, 0.05) is 6.42 Å². The first-order chi connectivity index (χ1) is 8.47. The van der Waals surface area contributed by atoms with Gasteiger partial charge in [0.15, 0.2) is 6.29 Å². The van der Waals surface area contributed by atoms with Gasteiger partial charge in [-0.25, -0.2) is 0 Å². The van der Waals surface area contributed by atoms with E-state index in [1.54, 1.807) is 0 Å². The van der Waals surface area contributed by atoms with E-state index >= 15 is 0 Å². The molecule has 0 aromatic heterocycles. The summed E-state index contributed by atoms with van der Waals surface area (Å²) >= 11 is 0. The van der Waals surface area contributed by atoms with Gasteiger partial charge >= 0.3 is 5.97 Å². The minimum absolute atomic E-state index is 0.0451. The third-order valence-corrected chi connectivity index (χ3v) is 2.75. The van der Waals surface area contributed by atoms with Crippen LogP contribution in [0.5, 0.6) is 0 Å². The molecule has 0 amide bonds. The summed E-state index contributed by atoms with van der Waals surface area (Å²) in [6, 6.07) is -0.951. The van der Waals surface area contributed by atoms with Crippen molar-refractivity contribution < 1.29 is 34.7 Å². The van der Waals surface area contributed by atoms with Crippen LogP contribution in [0.25, 0.3) is 0 Å². The first-order valence-electron chi connectivity index (χ1n) is 5.68. The Morgan fingerprint density at radius 3 is 2.56 bits per heavy atom. The summed E-state index contributed by atoms with van der Waals surface area (Å²) in [5, 5.41) is 36.5. The third-order valence-electron chi connectivity index (χ3n) is 2.75. The van der Waals surface area contributed by atoms with Gasteiger partial charge in [-0.3, -0.25) is 4.79 Å². The Labute approximate surface area is 104 Å². The van der Waals surface area contributed by atoms with Gasteiger partial charge in [0.2, 0.25) is 0 Å². The number of carboxylic acid groups (broad SMARTS) is 1. The average molecular weight is 265 g/mol. The summed E-state index contributed by atoms with van der Waals surface area (Å²) in [6.45, 7) is -0.369. The number of hydrogen-bond acceptors (Lipinski definition) is 7. The van der Waals surface area contributed by atoms with Gasteiger partial charge in [-0.05, 0) is 6.42 Å². The number of aliphatic hydroxyl groups is 3. The lowest BCUT2D eigenvalue weighted by molar-refractivity contribution is -0.265. The Bertz CT molecular complexity index is 273. The second kappa shape index (κ2) is 6.98. The zero-order valence-corrected chi connectivity index (χ0v) is 9.81. The summed E-state index contributed by atoms with van der Waals surface area (Å²) in [6.07, 6.45) is -4.25. The zero-order valence-electron chi connectivity index (χ0n) is 9.81. The van der Waals surface area contributed by atoms with Gasteiger partial charge in [-0.15, -0.1) is 0 Å². The minimum Gasteiger partial charge on any atom is -0.481 e. The number of carboxylic acids is 1. The fraction of sp³-hybridized carbons (Fsp3) is 0.900. The first-order valence-corrected chi connectivity index (χ1v) is 5.68. The smallest absolute Gasteiger partial charge is 0.303 e. The van der Waals surface area contributed by atoms with E-state index in [-0.39, 0.29) is 19.4 Å². The molecule has 1 rings (SSSR count). The number of ether oxygens (including phenoxy) is 2. The highest BCUT2D eigenvalue weighted by molar-refractivity contribution is 5.66. The van der Waals surface area contributed by atoms with Gasteiger partial charge in [0.1, 0.15) is 18.3 Å². The largest absolute Gasteiger partial charge is 0.481 e. The molecule has 2 unspecified atom stereocenters. The van der Waals surface area contributed by atoms with Gasteiger partial charge in [0.25, 0.3) is 0 Å². The van der Waals surface area contributed by atoms with E-state index in [1.165, 1.54) is 0 Å². The predicted molar refractivity (Wildman–Crippen MR) is 58.6 cm³/mol. The lowest BCUT2D eigenvalue weighted by Crippen LogP contribution is -2.62. The van der Waals surface area contributed by atoms with Crippen molar-refractivity contribution >= 4 is 5.97 Å². The van der Waals surface area contributed by atoms with Crippen LogP contribution >= 0.6 is 0 Å². The van der Waals surface area contributed by atoms with E-state index in [9.17, 15) is 15.0 Å². The molecule has 0 aliphatic carbocycles. The van der Waals surface area contributed by atoms with Crippen molar-refractivity contribution in [1.82, 2.24) is 0 Å². The molecule has 1 saturated heterocycles. The fourth-order valence-corrected chi connectivity index (χ4v) is 1.68. The van der Waals surface area contributed by atoms with E-state index in [0.717, 1.165) is 0 Å². The Morgan fingerprint density at radius 1 is 1.33 bits per heavy atom. The molecule has 1 aliphatic rings. The van der Waals surface area contributed by atoms with Crippen molar-refractivity contribution in [3.8, 4) is 0 Å². The highest BCUT2D eigenvalue weighted by Gasteiger charge is 2.42. The molecule has 0 aromatic carbocycles. The average Bonchev–Trinajstić information content (AvgIpc) is 2.34. The third kappa shape index (κ3) is 3.87. The molecule has 106 valence electrons. The lowest BCUT2D eigenvalue weighted by Gasteiger charge is -2.40. The van der Waals surface area contributed by atoms with E-state index in [4.69, 9.17) is 25.4 Å². The van der Waals surface area contributed by atoms with Crippen LogP contribution in [0.2, 0.25) is 0 Å². The van der Waals surface area contributed by atoms with Crippen LogP contribution < -0.4 is 5.73 Å². The highest BCUT2D eigenvalue weighted by Crippen LogP contribution is 2.20. The molecule has 5 atom stereocenters. The molecule has 18 heavy (non-hydrogen) atoms. The van der Waals surface area contributed by atoms with E-state index in [0.29, 0.717) is 0 Å². The lowest BCUT2D eigenvalue weighted by atomic mass is 9.98. The van der Waals surface area contributed by atoms with Crippen molar-refractivity contribution in [2.45, 2.75) is 43.5 Å². The summed E-state index contributed by atoms with van der Waals surface area (Å²) in [5.41, 5.74) is 5.61. The van der Waals surface area contributed by atoms with Crippen LogP contribution in [0.15, 0.2) is 0 Å². The quantitative estimate of drug-likeness (QED) is 0.335. The minimum atomic E-state index is -1.27. The summed E-state index contributed by atoms with van der Waals surface area (Å²) < 4.78 is 10.4. The van der Waals surface area contributed by atoms with Gasteiger partial charge in [-0.1, -0.05) is 0 Å². The van der Waals surface area contributed by atoms with Crippen LogP contribution in [0.3, 0.4) is 0 Å². The fourth-order valence-electron chi connectivity index (χ4n) is 1.68. The van der Waals surface area contributed by atoms with Crippen molar-refractivity contribution in [3.05, 3.63) is 0 Å². The SMILES string of the molecule is NC1[C@H](OCCCC(=O)O)OC(CO)[C@H](O)[C@@H]1O. The summed E-state index contributed by atoms with van der Waals surface area (Å²) in [4.78, 5) is 10.3. The number of hydrogen-bond donors (Lipinski definition) is 5. The molecule has 6 N–H and O–H groups in total. The van der Waals surface area contributed by atoms with Gasteiger partial charge in [-0.2, -0.15) is 0 Å². The number of rotatable bonds is 6. The topological polar surface area (TPSA) is 142 Å². The molecule has 1 aliphatic heterocycles. The Balaban J connectivity index is 2.41. The molecule has 0 spiro atoms. The first kappa shape index (κ1) is 15.3. The number of aliphatic carboxylic acids is 1. The molecule has 1 fully saturated rings. The van der Waals surface area contributed by atoms with Crippen molar-refractivity contribution in [3.63, 3.8) is 0 Å². The van der Waals surface area contributed by atoms with Crippen LogP contribution in [-0.4, -0.2) is 70.3 Å². The maximum absolute atomic E-state index is 10.3. The van der Waals surface area contributed by atoms with E-state index in [2.05, 4.69) is 0 Å². The Kier molecular flexibility index (Phi) is 5.93. The molecule has 0 saturated carbocycles. The summed E-state index contributed by atoms with van der Waals surface area (Å²) in [7, 11) is 0. The van der Waals surface area contributed by atoms with Crippen molar-refractivity contribution in [2.75, 3.05) is 13.2 Å². The maximum Gasteiger partial charge on any atom is 0.303 e. The summed E-state index contributed by atoms with van der Waals surface area (Å²) in [5.74, 6) is -0.934. The normalized spacial score (nSPS) is 36.6. The Hall–Kier alpha value is -0.770.